The zero-order valence-corrected chi connectivity index (χ0v) is 11.8. The average molecular weight is 267 g/mol. The van der Waals surface area contributed by atoms with Crippen LogP contribution in [0, 0.1) is 0 Å². The summed E-state index contributed by atoms with van der Waals surface area (Å²) in [4.78, 5) is 14.0. The number of oxime groups is 1. The van der Waals surface area contributed by atoms with Crippen LogP contribution < -0.4 is 5.73 Å². The van der Waals surface area contributed by atoms with Gasteiger partial charge < -0.3 is 15.8 Å². The number of carbonyl (C=O) groups is 1. The third-order valence-corrected chi connectivity index (χ3v) is 2.86. The number of carbonyl (C=O) groups excluding carboxylic acids is 1. The monoisotopic (exact) mass is 267 g/mol. The molecule has 7 heteroatoms. The van der Waals surface area contributed by atoms with Crippen molar-refractivity contribution >= 4 is 11.7 Å². The highest BCUT2D eigenvalue weighted by Gasteiger charge is 2.23. The van der Waals surface area contributed by atoms with Gasteiger partial charge in [0, 0.05) is 13.1 Å². The van der Waals surface area contributed by atoms with Gasteiger partial charge in [-0.15, -0.1) is 0 Å². The van der Waals surface area contributed by atoms with Crippen LogP contribution in [0.1, 0.15) is 37.0 Å². The van der Waals surface area contributed by atoms with Crippen LogP contribution in [0.2, 0.25) is 0 Å². The highest BCUT2D eigenvalue weighted by Crippen LogP contribution is 2.10. The van der Waals surface area contributed by atoms with Crippen molar-refractivity contribution in [2.45, 2.75) is 33.2 Å². The highest BCUT2D eigenvalue weighted by molar-refractivity contribution is 5.96. The number of amides is 1. The molecular weight excluding hydrogens is 246 g/mol. The minimum atomic E-state index is -0.184. The Balaban J connectivity index is 3.02. The largest absolute Gasteiger partial charge is 0.409 e. The SMILES string of the molecule is CCc1cc(C(=O)N(CC(N)=NO)C(C)C)n(C)n1. The van der Waals surface area contributed by atoms with Crippen LogP contribution in [0.25, 0.3) is 0 Å². The number of aromatic nitrogens is 2. The maximum Gasteiger partial charge on any atom is 0.272 e. The van der Waals surface area contributed by atoms with Crippen molar-refractivity contribution < 1.29 is 10.0 Å². The Hall–Kier alpha value is -2.05. The van der Waals surface area contributed by atoms with Crippen molar-refractivity contribution in [3.63, 3.8) is 0 Å². The predicted octanol–water partition coefficient (Wildman–Crippen LogP) is 0.579. The molecule has 0 fully saturated rings. The van der Waals surface area contributed by atoms with E-state index in [1.165, 1.54) is 4.90 Å². The van der Waals surface area contributed by atoms with Crippen LogP contribution in [-0.4, -0.2) is 44.2 Å². The Morgan fingerprint density at radius 1 is 1.63 bits per heavy atom. The lowest BCUT2D eigenvalue weighted by Gasteiger charge is -2.25. The fourth-order valence-corrected chi connectivity index (χ4v) is 1.74. The first-order valence-electron chi connectivity index (χ1n) is 6.21. The molecule has 0 saturated carbocycles. The third kappa shape index (κ3) is 3.46. The summed E-state index contributed by atoms with van der Waals surface area (Å²) in [5.41, 5.74) is 6.84. The molecule has 1 heterocycles. The van der Waals surface area contributed by atoms with Gasteiger partial charge in [0.05, 0.1) is 12.2 Å². The molecule has 0 aliphatic rings. The molecule has 0 aliphatic heterocycles. The summed E-state index contributed by atoms with van der Waals surface area (Å²) in [5.74, 6) is -0.184. The van der Waals surface area contributed by atoms with E-state index in [-0.39, 0.29) is 24.3 Å². The summed E-state index contributed by atoms with van der Waals surface area (Å²) >= 11 is 0. The number of nitrogens with two attached hydrogens (primary N) is 1. The van der Waals surface area contributed by atoms with Crippen LogP contribution in [0.15, 0.2) is 11.2 Å². The summed E-state index contributed by atoms with van der Waals surface area (Å²) in [6.45, 7) is 5.81. The van der Waals surface area contributed by atoms with Crippen LogP contribution in [0.3, 0.4) is 0 Å². The smallest absolute Gasteiger partial charge is 0.272 e. The minimum absolute atomic E-state index is 0.0000617. The zero-order valence-electron chi connectivity index (χ0n) is 11.8. The molecule has 3 N–H and O–H groups in total. The topological polar surface area (TPSA) is 96.7 Å². The van der Waals surface area contributed by atoms with Crippen molar-refractivity contribution in [2.75, 3.05) is 6.54 Å². The molecule has 0 aromatic carbocycles. The van der Waals surface area contributed by atoms with E-state index in [9.17, 15) is 4.79 Å². The molecule has 7 nitrogen and oxygen atoms in total. The Morgan fingerprint density at radius 2 is 2.26 bits per heavy atom. The van der Waals surface area contributed by atoms with Gasteiger partial charge in [-0.3, -0.25) is 9.48 Å². The Kier molecular flexibility index (Phi) is 4.91. The number of hydrogen-bond donors (Lipinski definition) is 2. The van der Waals surface area contributed by atoms with E-state index in [4.69, 9.17) is 10.9 Å². The zero-order chi connectivity index (χ0) is 14.6. The molecule has 0 unspecified atom stereocenters. The summed E-state index contributed by atoms with van der Waals surface area (Å²) < 4.78 is 1.56. The maximum atomic E-state index is 12.5. The van der Waals surface area contributed by atoms with Gasteiger partial charge in [-0.1, -0.05) is 12.1 Å². The lowest BCUT2D eigenvalue weighted by atomic mass is 10.2. The van der Waals surface area contributed by atoms with E-state index in [2.05, 4.69) is 10.3 Å². The number of rotatable bonds is 5. The van der Waals surface area contributed by atoms with E-state index in [0.717, 1.165) is 12.1 Å². The quantitative estimate of drug-likeness (QED) is 0.353. The van der Waals surface area contributed by atoms with Crippen molar-refractivity contribution in [3.05, 3.63) is 17.5 Å². The first-order chi connectivity index (χ1) is 8.90. The summed E-state index contributed by atoms with van der Waals surface area (Å²) in [7, 11) is 1.73. The number of amidine groups is 1. The Morgan fingerprint density at radius 3 is 2.68 bits per heavy atom. The molecule has 19 heavy (non-hydrogen) atoms. The van der Waals surface area contributed by atoms with Crippen molar-refractivity contribution in [1.82, 2.24) is 14.7 Å². The molecule has 1 aromatic heterocycles. The molecule has 1 amide bonds. The maximum absolute atomic E-state index is 12.5. The van der Waals surface area contributed by atoms with Gasteiger partial charge >= 0.3 is 0 Å². The molecule has 106 valence electrons. The summed E-state index contributed by atoms with van der Waals surface area (Å²) in [6.07, 6.45) is 0.767. The standard InChI is InChI=1S/C12H21N5O2/c1-5-9-6-10(16(4)14-9)12(18)17(8(2)3)7-11(13)15-19/h6,8,19H,5,7H2,1-4H3,(H2,13,15). The van der Waals surface area contributed by atoms with E-state index >= 15 is 0 Å². The van der Waals surface area contributed by atoms with Crippen LogP contribution in [0.4, 0.5) is 0 Å². The van der Waals surface area contributed by atoms with Crippen molar-refractivity contribution in [3.8, 4) is 0 Å². The highest BCUT2D eigenvalue weighted by atomic mass is 16.4. The molecule has 0 bridgehead atoms. The number of nitrogens with zero attached hydrogens (tertiary/aromatic N) is 4. The molecule has 0 aliphatic carbocycles. The first-order valence-corrected chi connectivity index (χ1v) is 6.21. The Bertz CT molecular complexity index is 478. The molecule has 0 saturated heterocycles. The van der Waals surface area contributed by atoms with Gasteiger partial charge in [0.1, 0.15) is 5.69 Å². The second kappa shape index (κ2) is 6.21. The summed E-state index contributed by atoms with van der Waals surface area (Å²) in [6, 6.07) is 1.71. The fourth-order valence-electron chi connectivity index (χ4n) is 1.74. The number of aryl methyl sites for hydroxylation is 2. The molecule has 1 aromatic rings. The lowest BCUT2D eigenvalue weighted by molar-refractivity contribution is 0.0723. The van der Waals surface area contributed by atoms with Gasteiger partial charge in [0.25, 0.3) is 5.91 Å². The molecule has 0 atom stereocenters. The average Bonchev–Trinajstić information content (AvgIpc) is 2.75. The third-order valence-electron chi connectivity index (χ3n) is 2.86. The van der Waals surface area contributed by atoms with E-state index in [0.29, 0.717) is 5.69 Å². The van der Waals surface area contributed by atoms with Crippen LogP contribution in [0.5, 0.6) is 0 Å². The van der Waals surface area contributed by atoms with Gasteiger partial charge in [-0.2, -0.15) is 5.10 Å². The lowest BCUT2D eigenvalue weighted by Crippen LogP contribution is -2.43. The molecular formula is C12H21N5O2. The van der Waals surface area contributed by atoms with Gasteiger partial charge in [-0.05, 0) is 26.3 Å². The van der Waals surface area contributed by atoms with E-state index < -0.39 is 0 Å². The van der Waals surface area contributed by atoms with Gasteiger partial charge in [0.2, 0.25) is 0 Å². The van der Waals surface area contributed by atoms with Gasteiger partial charge in [0.15, 0.2) is 5.84 Å². The van der Waals surface area contributed by atoms with E-state index in [1.807, 2.05) is 20.8 Å². The minimum Gasteiger partial charge on any atom is -0.409 e. The van der Waals surface area contributed by atoms with E-state index in [1.54, 1.807) is 17.8 Å². The Labute approximate surface area is 112 Å². The summed E-state index contributed by atoms with van der Waals surface area (Å²) in [5, 5.41) is 15.8. The normalized spacial score (nSPS) is 11.9. The number of hydrogen-bond acceptors (Lipinski definition) is 4. The second-order valence-electron chi connectivity index (χ2n) is 4.62. The van der Waals surface area contributed by atoms with Crippen molar-refractivity contribution in [2.24, 2.45) is 17.9 Å². The molecule has 0 spiro atoms. The van der Waals surface area contributed by atoms with Gasteiger partial charge in [-0.25, -0.2) is 0 Å². The molecule has 0 radical (unpaired) electrons. The predicted molar refractivity (Wildman–Crippen MR) is 72.2 cm³/mol. The second-order valence-corrected chi connectivity index (χ2v) is 4.62. The fraction of sp³-hybridized carbons (Fsp3) is 0.583. The van der Waals surface area contributed by atoms with Crippen molar-refractivity contribution in [1.29, 1.82) is 0 Å². The first kappa shape index (κ1) is 15.0. The van der Waals surface area contributed by atoms with Crippen LogP contribution in [-0.2, 0) is 13.5 Å². The molecule has 1 rings (SSSR count). The van der Waals surface area contributed by atoms with Crippen LogP contribution >= 0.6 is 0 Å².